The third-order valence-corrected chi connectivity index (χ3v) is 9.76. The summed E-state index contributed by atoms with van der Waals surface area (Å²) in [5, 5.41) is 20.6. The monoisotopic (exact) mass is 440 g/mol. The molecule has 6 atom stereocenters. The molecule has 180 valence electrons. The van der Waals surface area contributed by atoms with Crippen molar-refractivity contribution in [3.8, 4) is 0 Å². The van der Waals surface area contributed by atoms with Crippen LogP contribution in [-0.4, -0.2) is 21.9 Å². The normalized spacial score (nSPS) is 39.6. The van der Waals surface area contributed by atoms with Crippen molar-refractivity contribution < 1.29 is 10.2 Å². The predicted octanol–water partition coefficient (Wildman–Crippen LogP) is 7.54. The molecule has 3 fully saturated rings. The van der Waals surface area contributed by atoms with E-state index in [0.29, 0.717) is 17.3 Å². The number of rotatable bonds is 6. The topological polar surface area (TPSA) is 40.5 Å². The molecule has 0 aromatic rings. The minimum Gasteiger partial charge on any atom is -0.390 e. The van der Waals surface area contributed by atoms with Gasteiger partial charge in [-0.1, -0.05) is 71.4 Å². The third kappa shape index (κ3) is 4.73. The largest absolute Gasteiger partial charge is 0.390 e. The van der Waals surface area contributed by atoms with Crippen LogP contribution in [-0.2, 0) is 0 Å². The van der Waals surface area contributed by atoms with E-state index in [1.54, 1.807) is 5.57 Å². The van der Waals surface area contributed by atoms with E-state index in [1.807, 2.05) is 13.8 Å². The lowest BCUT2D eigenvalue weighted by Crippen LogP contribution is -2.43. The zero-order valence-corrected chi connectivity index (χ0v) is 21.6. The first kappa shape index (κ1) is 25.5. The summed E-state index contributed by atoms with van der Waals surface area (Å²) in [6.07, 6.45) is 14.6. The lowest BCUT2D eigenvalue weighted by atomic mass is 9.53. The van der Waals surface area contributed by atoms with Gasteiger partial charge in [-0.3, -0.25) is 0 Å². The van der Waals surface area contributed by atoms with Gasteiger partial charge in [0, 0.05) is 0 Å². The van der Waals surface area contributed by atoms with Crippen molar-refractivity contribution in [2.45, 2.75) is 111 Å². The highest BCUT2D eigenvalue weighted by molar-refractivity contribution is 5.44. The molecule has 0 aliphatic heterocycles. The molecule has 2 unspecified atom stereocenters. The van der Waals surface area contributed by atoms with Gasteiger partial charge in [-0.05, 0) is 104 Å². The fourth-order valence-corrected chi connectivity index (χ4v) is 7.24. The van der Waals surface area contributed by atoms with E-state index in [2.05, 4.69) is 53.0 Å². The van der Waals surface area contributed by atoms with Crippen LogP contribution < -0.4 is 0 Å². The molecule has 3 rings (SSSR count). The van der Waals surface area contributed by atoms with Crippen molar-refractivity contribution in [2.75, 3.05) is 0 Å². The Bertz CT molecular complexity index is 794. The average molecular weight is 441 g/mol. The van der Waals surface area contributed by atoms with Gasteiger partial charge in [0.15, 0.2) is 0 Å². The van der Waals surface area contributed by atoms with Crippen LogP contribution in [0.3, 0.4) is 0 Å². The molecule has 32 heavy (non-hydrogen) atoms. The minimum absolute atomic E-state index is 0.251. The van der Waals surface area contributed by atoms with Crippen LogP contribution in [0.4, 0.5) is 0 Å². The number of allylic oxidation sites excluding steroid dienone is 3. The summed E-state index contributed by atoms with van der Waals surface area (Å²) in [4.78, 5) is 0. The second-order valence-electron chi connectivity index (χ2n) is 12.4. The summed E-state index contributed by atoms with van der Waals surface area (Å²) in [7, 11) is 0. The van der Waals surface area contributed by atoms with Gasteiger partial charge in [0.1, 0.15) is 0 Å². The molecule has 3 aliphatic rings. The van der Waals surface area contributed by atoms with Gasteiger partial charge < -0.3 is 10.2 Å². The van der Waals surface area contributed by atoms with Crippen molar-refractivity contribution in [2.24, 2.45) is 28.6 Å². The van der Waals surface area contributed by atoms with Crippen LogP contribution in [0.5, 0.6) is 0 Å². The third-order valence-electron chi connectivity index (χ3n) is 9.76. The Morgan fingerprint density at radius 2 is 1.88 bits per heavy atom. The van der Waals surface area contributed by atoms with Crippen LogP contribution in [0.25, 0.3) is 0 Å². The summed E-state index contributed by atoms with van der Waals surface area (Å²) in [5.74, 6) is 1.75. The van der Waals surface area contributed by atoms with E-state index >= 15 is 0 Å². The quantitative estimate of drug-likeness (QED) is 0.419. The molecule has 0 bridgehead atoms. The van der Waals surface area contributed by atoms with Crippen LogP contribution in [0.15, 0.2) is 47.6 Å². The molecule has 0 amide bonds. The molecular formula is C30H48O2. The molecule has 3 saturated carbocycles. The predicted molar refractivity (Wildman–Crippen MR) is 136 cm³/mol. The summed E-state index contributed by atoms with van der Waals surface area (Å²) < 4.78 is 0. The Morgan fingerprint density at radius 3 is 2.53 bits per heavy atom. The van der Waals surface area contributed by atoms with Crippen LogP contribution in [0.1, 0.15) is 99.3 Å². The summed E-state index contributed by atoms with van der Waals surface area (Å²) in [5.41, 5.74) is 4.56. The summed E-state index contributed by atoms with van der Waals surface area (Å²) in [6, 6.07) is 0. The minimum atomic E-state index is -0.601. The Hall–Kier alpha value is -1.12. The molecule has 0 aromatic heterocycles. The zero-order valence-electron chi connectivity index (χ0n) is 21.6. The maximum Gasteiger partial charge on any atom is 0.0998 e. The molecule has 0 radical (unpaired) electrons. The first-order valence-electron chi connectivity index (χ1n) is 13.0. The van der Waals surface area contributed by atoms with Crippen molar-refractivity contribution in [1.82, 2.24) is 0 Å². The highest BCUT2D eigenvalue weighted by Gasteiger charge is 2.57. The van der Waals surface area contributed by atoms with E-state index in [4.69, 9.17) is 0 Å². The van der Waals surface area contributed by atoms with Gasteiger partial charge in [-0.15, -0.1) is 0 Å². The van der Waals surface area contributed by atoms with Crippen LogP contribution in [0, 0.1) is 28.6 Å². The van der Waals surface area contributed by atoms with Crippen LogP contribution in [0.2, 0.25) is 0 Å². The second-order valence-corrected chi connectivity index (χ2v) is 12.4. The standard InChI is InChI=1S/C30H48O2/c1-20(11-9-16-28(5,6)32)26-15-18-29(7)25(12-10-17-30(26,29)8)14-13-24-19-21(2)22(3)27(31)23(24)4/h13-14,20-21,26-27,31-32H,3-4,9-12,15-19H2,1-2,5-8H3/b24-13-,25-14+/t20?,21-,26-,27+,29+,30?/m1/s1. The first-order chi connectivity index (χ1) is 14.8. The molecule has 2 nitrogen and oxygen atoms in total. The molecule has 2 heteroatoms. The Balaban J connectivity index is 1.79. The Morgan fingerprint density at radius 1 is 1.19 bits per heavy atom. The average Bonchev–Trinajstić information content (AvgIpc) is 2.98. The van der Waals surface area contributed by atoms with E-state index in [1.165, 1.54) is 44.1 Å². The number of hydrogen-bond acceptors (Lipinski definition) is 2. The molecule has 2 N–H and O–H groups in total. The molecular weight excluding hydrogens is 392 g/mol. The Labute approximate surface area is 197 Å². The van der Waals surface area contributed by atoms with Gasteiger partial charge in [0.2, 0.25) is 0 Å². The maximum absolute atomic E-state index is 10.5. The van der Waals surface area contributed by atoms with Crippen molar-refractivity contribution in [3.63, 3.8) is 0 Å². The fourth-order valence-electron chi connectivity index (χ4n) is 7.24. The SMILES string of the molecule is C=C1/C(=C\C=C2/CCCC3(C)[C@@H](C(C)CCCC(C)(C)O)CC[C@@]23C)C[C@@H](C)C(=C)[C@@H]1O. The number of fused-ring (bicyclic) bond motifs is 1. The number of aliphatic hydroxyl groups is 2. The van der Waals surface area contributed by atoms with Gasteiger partial charge >= 0.3 is 0 Å². The number of aliphatic hydroxyl groups excluding tert-OH is 1. The first-order valence-corrected chi connectivity index (χ1v) is 13.0. The maximum atomic E-state index is 10.5. The van der Waals surface area contributed by atoms with Crippen molar-refractivity contribution >= 4 is 0 Å². The highest BCUT2D eigenvalue weighted by atomic mass is 16.3. The second kappa shape index (κ2) is 9.26. The molecule has 0 saturated heterocycles. The van der Waals surface area contributed by atoms with Crippen molar-refractivity contribution in [1.29, 1.82) is 0 Å². The van der Waals surface area contributed by atoms with Gasteiger partial charge in [0.05, 0.1) is 11.7 Å². The molecule has 3 aliphatic carbocycles. The van der Waals surface area contributed by atoms with E-state index in [-0.39, 0.29) is 5.41 Å². The van der Waals surface area contributed by atoms with Gasteiger partial charge in [-0.2, -0.15) is 0 Å². The number of hydrogen-bond donors (Lipinski definition) is 2. The smallest absolute Gasteiger partial charge is 0.0998 e. The zero-order chi connectivity index (χ0) is 23.9. The van der Waals surface area contributed by atoms with Gasteiger partial charge in [-0.25, -0.2) is 0 Å². The lowest BCUT2D eigenvalue weighted by Gasteiger charge is -2.51. The summed E-state index contributed by atoms with van der Waals surface area (Å²) >= 11 is 0. The van der Waals surface area contributed by atoms with E-state index < -0.39 is 11.7 Å². The molecule has 0 spiro atoms. The van der Waals surface area contributed by atoms with Crippen LogP contribution >= 0.6 is 0 Å². The Kier molecular flexibility index (Phi) is 7.38. The van der Waals surface area contributed by atoms with Gasteiger partial charge in [0.25, 0.3) is 0 Å². The molecule has 0 aromatic carbocycles. The fraction of sp³-hybridized carbons (Fsp3) is 0.733. The molecule has 0 heterocycles. The van der Waals surface area contributed by atoms with E-state index in [9.17, 15) is 10.2 Å². The van der Waals surface area contributed by atoms with E-state index in [0.717, 1.165) is 36.3 Å². The summed E-state index contributed by atoms with van der Waals surface area (Å²) in [6.45, 7) is 21.8. The van der Waals surface area contributed by atoms with Crippen molar-refractivity contribution in [3.05, 3.63) is 47.6 Å². The lowest BCUT2D eigenvalue weighted by molar-refractivity contribution is 0.0300. The highest BCUT2D eigenvalue weighted by Crippen LogP contribution is 2.67.